The Kier molecular flexibility index (Phi) is 3.40. The zero-order chi connectivity index (χ0) is 12.4. The molecule has 0 radical (unpaired) electrons. The van der Waals surface area contributed by atoms with Crippen LogP contribution in [0.3, 0.4) is 0 Å². The lowest BCUT2D eigenvalue weighted by Crippen LogP contribution is -2.37. The summed E-state index contributed by atoms with van der Waals surface area (Å²) in [7, 11) is 0. The van der Waals surface area contributed by atoms with E-state index in [2.05, 4.69) is 36.5 Å². The Balaban J connectivity index is 1.68. The normalized spacial score (nSPS) is 27.6. The topological polar surface area (TPSA) is 21.3 Å². The molecule has 1 heterocycles. The number of hydrogen-bond donors (Lipinski definition) is 1. The Hall–Kier alpha value is -0.860. The molecule has 3 rings (SSSR count). The molecular formula is C16H23NO. The standard InChI is InChI=1S/C16H23NO/c1-13-3-2-4-14(9-13)10-16(7-8-18-12-16)11-17-15-5-6-15/h2-4,9,15,17H,5-8,10-12H2,1H3. The van der Waals surface area contributed by atoms with E-state index in [1.54, 1.807) is 0 Å². The third-order valence-corrected chi connectivity index (χ3v) is 4.19. The van der Waals surface area contributed by atoms with Crippen LogP contribution in [-0.4, -0.2) is 25.8 Å². The van der Waals surface area contributed by atoms with Crippen molar-refractivity contribution in [3.05, 3.63) is 35.4 Å². The first-order valence-corrected chi connectivity index (χ1v) is 7.13. The minimum Gasteiger partial charge on any atom is -0.381 e. The highest BCUT2D eigenvalue weighted by Gasteiger charge is 2.36. The molecule has 2 fully saturated rings. The van der Waals surface area contributed by atoms with Gasteiger partial charge in [0.1, 0.15) is 0 Å². The van der Waals surface area contributed by atoms with E-state index in [1.807, 2.05) is 0 Å². The summed E-state index contributed by atoms with van der Waals surface area (Å²) in [4.78, 5) is 0. The first-order valence-electron chi connectivity index (χ1n) is 7.13. The van der Waals surface area contributed by atoms with Crippen LogP contribution in [0.5, 0.6) is 0 Å². The Morgan fingerprint density at radius 1 is 1.39 bits per heavy atom. The van der Waals surface area contributed by atoms with Crippen LogP contribution in [0.2, 0.25) is 0 Å². The van der Waals surface area contributed by atoms with Crippen molar-refractivity contribution in [3.63, 3.8) is 0 Å². The van der Waals surface area contributed by atoms with Gasteiger partial charge in [-0.25, -0.2) is 0 Å². The predicted octanol–water partition coefficient (Wildman–Crippen LogP) is 2.70. The summed E-state index contributed by atoms with van der Waals surface area (Å²) < 4.78 is 5.68. The molecule has 1 aromatic carbocycles. The molecule has 1 saturated carbocycles. The predicted molar refractivity (Wildman–Crippen MR) is 73.8 cm³/mol. The summed E-state index contributed by atoms with van der Waals surface area (Å²) in [5, 5.41) is 3.69. The Morgan fingerprint density at radius 2 is 2.28 bits per heavy atom. The molecule has 0 amide bonds. The van der Waals surface area contributed by atoms with Gasteiger partial charge in [0, 0.05) is 24.6 Å². The number of rotatable bonds is 5. The summed E-state index contributed by atoms with van der Waals surface area (Å²) >= 11 is 0. The van der Waals surface area contributed by atoms with Gasteiger partial charge in [0.2, 0.25) is 0 Å². The van der Waals surface area contributed by atoms with Crippen LogP contribution < -0.4 is 5.32 Å². The molecule has 1 N–H and O–H groups in total. The number of nitrogens with one attached hydrogen (secondary N) is 1. The highest BCUT2D eigenvalue weighted by atomic mass is 16.5. The van der Waals surface area contributed by atoms with Gasteiger partial charge in [-0.15, -0.1) is 0 Å². The summed E-state index contributed by atoms with van der Waals surface area (Å²) in [5.41, 5.74) is 3.14. The SMILES string of the molecule is Cc1cccc(CC2(CNC3CC3)CCOC2)c1. The van der Waals surface area contributed by atoms with E-state index >= 15 is 0 Å². The molecule has 2 aliphatic rings. The number of hydrogen-bond acceptors (Lipinski definition) is 2. The second-order valence-electron chi connectivity index (χ2n) is 6.12. The van der Waals surface area contributed by atoms with Gasteiger partial charge in [0.05, 0.1) is 6.61 Å². The van der Waals surface area contributed by atoms with Gasteiger partial charge in [-0.05, 0) is 38.2 Å². The molecule has 0 spiro atoms. The van der Waals surface area contributed by atoms with E-state index in [9.17, 15) is 0 Å². The van der Waals surface area contributed by atoms with Crippen LogP contribution in [0.15, 0.2) is 24.3 Å². The van der Waals surface area contributed by atoms with Crippen molar-refractivity contribution in [2.75, 3.05) is 19.8 Å². The van der Waals surface area contributed by atoms with Crippen molar-refractivity contribution in [3.8, 4) is 0 Å². The Labute approximate surface area is 110 Å². The molecule has 1 aliphatic carbocycles. The maximum Gasteiger partial charge on any atom is 0.0538 e. The van der Waals surface area contributed by atoms with E-state index in [0.717, 1.165) is 32.2 Å². The third kappa shape index (κ3) is 2.93. The van der Waals surface area contributed by atoms with E-state index in [0.29, 0.717) is 5.41 Å². The van der Waals surface area contributed by atoms with Crippen molar-refractivity contribution in [1.82, 2.24) is 5.32 Å². The van der Waals surface area contributed by atoms with Crippen LogP contribution in [0, 0.1) is 12.3 Å². The van der Waals surface area contributed by atoms with Crippen molar-refractivity contribution >= 4 is 0 Å². The van der Waals surface area contributed by atoms with Gasteiger partial charge >= 0.3 is 0 Å². The second-order valence-corrected chi connectivity index (χ2v) is 6.12. The van der Waals surface area contributed by atoms with Gasteiger partial charge in [-0.3, -0.25) is 0 Å². The molecule has 2 heteroatoms. The van der Waals surface area contributed by atoms with E-state index in [-0.39, 0.29) is 0 Å². The Bertz CT molecular complexity index is 405. The summed E-state index contributed by atoms with van der Waals surface area (Å²) in [5.74, 6) is 0. The Morgan fingerprint density at radius 3 is 2.94 bits per heavy atom. The zero-order valence-electron chi connectivity index (χ0n) is 11.2. The summed E-state index contributed by atoms with van der Waals surface area (Å²) in [6, 6.07) is 9.70. The monoisotopic (exact) mass is 245 g/mol. The largest absolute Gasteiger partial charge is 0.381 e. The molecule has 1 aromatic rings. The molecular weight excluding hydrogens is 222 g/mol. The van der Waals surface area contributed by atoms with Crippen molar-refractivity contribution in [1.29, 1.82) is 0 Å². The third-order valence-electron chi connectivity index (χ3n) is 4.19. The average Bonchev–Trinajstić information content (AvgIpc) is 3.08. The fraction of sp³-hybridized carbons (Fsp3) is 0.625. The lowest BCUT2D eigenvalue weighted by molar-refractivity contribution is 0.149. The number of aryl methyl sites for hydroxylation is 1. The van der Waals surface area contributed by atoms with Crippen LogP contribution in [0.4, 0.5) is 0 Å². The fourth-order valence-electron chi connectivity index (χ4n) is 2.89. The molecule has 1 unspecified atom stereocenters. The van der Waals surface area contributed by atoms with Gasteiger partial charge in [-0.1, -0.05) is 29.8 Å². The summed E-state index contributed by atoms with van der Waals surface area (Å²) in [6.45, 7) is 5.13. The van der Waals surface area contributed by atoms with Crippen LogP contribution in [0.25, 0.3) is 0 Å². The lowest BCUT2D eigenvalue weighted by Gasteiger charge is -2.28. The lowest BCUT2D eigenvalue weighted by atomic mass is 9.80. The molecule has 1 aliphatic heterocycles. The minimum absolute atomic E-state index is 0.330. The van der Waals surface area contributed by atoms with Gasteiger partial charge in [0.25, 0.3) is 0 Å². The van der Waals surface area contributed by atoms with E-state index < -0.39 is 0 Å². The zero-order valence-corrected chi connectivity index (χ0v) is 11.2. The minimum atomic E-state index is 0.330. The smallest absolute Gasteiger partial charge is 0.0538 e. The fourth-order valence-corrected chi connectivity index (χ4v) is 2.89. The molecule has 98 valence electrons. The van der Waals surface area contributed by atoms with Gasteiger partial charge in [-0.2, -0.15) is 0 Å². The molecule has 1 saturated heterocycles. The molecule has 18 heavy (non-hydrogen) atoms. The van der Waals surface area contributed by atoms with Crippen LogP contribution in [0.1, 0.15) is 30.4 Å². The van der Waals surface area contributed by atoms with Gasteiger partial charge in [0.15, 0.2) is 0 Å². The van der Waals surface area contributed by atoms with Crippen molar-refractivity contribution in [2.45, 2.75) is 38.6 Å². The van der Waals surface area contributed by atoms with Crippen LogP contribution in [-0.2, 0) is 11.2 Å². The second kappa shape index (κ2) is 5.02. The quantitative estimate of drug-likeness (QED) is 0.861. The molecule has 1 atom stereocenters. The first kappa shape index (κ1) is 12.2. The van der Waals surface area contributed by atoms with E-state index in [1.165, 1.54) is 30.4 Å². The number of benzene rings is 1. The highest BCUT2D eigenvalue weighted by molar-refractivity contribution is 5.23. The molecule has 0 aromatic heterocycles. The van der Waals surface area contributed by atoms with E-state index in [4.69, 9.17) is 4.74 Å². The van der Waals surface area contributed by atoms with Gasteiger partial charge < -0.3 is 10.1 Å². The highest BCUT2D eigenvalue weighted by Crippen LogP contribution is 2.33. The van der Waals surface area contributed by atoms with Crippen molar-refractivity contribution < 1.29 is 4.74 Å². The summed E-state index contributed by atoms with van der Waals surface area (Å²) in [6.07, 6.45) is 5.07. The molecule has 2 nitrogen and oxygen atoms in total. The number of ether oxygens (including phenoxy) is 1. The maximum absolute atomic E-state index is 5.68. The maximum atomic E-state index is 5.68. The van der Waals surface area contributed by atoms with Crippen molar-refractivity contribution in [2.24, 2.45) is 5.41 Å². The average molecular weight is 245 g/mol. The van der Waals surface area contributed by atoms with Crippen LogP contribution >= 0.6 is 0 Å². The first-order chi connectivity index (χ1) is 8.76. The molecule has 0 bridgehead atoms.